The predicted molar refractivity (Wildman–Crippen MR) is 98.5 cm³/mol. The van der Waals surface area contributed by atoms with Gasteiger partial charge in [-0.1, -0.05) is 29.8 Å². The van der Waals surface area contributed by atoms with E-state index in [0.29, 0.717) is 19.1 Å². The molecule has 0 bridgehead atoms. The van der Waals surface area contributed by atoms with Crippen molar-refractivity contribution in [3.63, 3.8) is 0 Å². The molecule has 2 rings (SSSR count). The second-order valence-corrected chi connectivity index (χ2v) is 7.36. The summed E-state index contributed by atoms with van der Waals surface area (Å²) in [7, 11) is 2.18. The fourth-order valence-corrected chi connectivity index (χ4v) is 3.06. The molecule has 0 aliphatic carbocycles. The van der Waals surface area contributed by atoms with Crippen molar-refractivity contribution in [1.29, 1.82) is 0 Å². The van der Waals surface area contributed by atoms with Crippen LogP contribution in [0.25, 0.3) is 0 Å². The van der Waals surface area contributed by atoms with Gasteiger partial charge in [0.1, 0.15) is 12.4 Å². The SMILES string of the molecule is CC(C)c1cc(Br)ccc1OCCOCCN1CCN(C)CC1. The Kier molecular flexibility index (Phi) is 7.83. The number of piperazine rings is 1. The molecule has 23 heavy (non-hydrogen) atoms. The van der Waals surface area contributed by atoms with E-state index in [-0.39, 0.29) is 0 Å². The molecule has 0 unspecified atom stereocenters. The molecule has 1 saturated heterocycles. The molecule has 0 radical (unpaired) electrons. The van der Waals surface area contributed by atoms with E-state index in [2.05, 4.69) is 52.7 Å². The van der Waals surface area contributed by atoms with Gasteiger partial charge in [-0.15, -0.1) is 0 Å². The molecule has 1 fully saturated rings. The van der Waals surface area contributed by atoms with E-state index in [0.717, 1.165) is 49.6 Å². The summed E-state index contributed by atoms with van der Waals surface area (Å²) in [5.74, 6) is 1.41. The molecule has 130 valence electrons. The lowest BCUT2D eigenvalue weighted by atomic mass is 10.0. The van der Waals surface area contributed by atoms with Crippen molar-refractivity contribution in [3.8, 4) is 5.75 Å². The summed E-state index contributed by atoms with van der Waals surface area (Å²) in [5, 5.41) is 0. The van der Waals surface area contributed by atoms with Crippen molar-refractivity contribution in [3.05, 3.63) is 28.2 Å². The van der Waals surface area contributed by atoms with Crippen LogP contribution in [0, 0.1) is 0 Å². The van der Waals surface area contributed by atoms with E-state index in [9.17, 15) is 0 Å². The summed E-state index contributed by atoms with van der Waals surface area (Å²) < 4.78 is 12.7. The fraction of sp³-hybridized carbons (Fsp3) is 0.667. The van der Waals surface area contributed by atoms with Crippen LogP contribution in [0.5, 0.6) is 5.75 Å². The summed E-state index contributed by atoms with van der Waals surface area (Å²) in [5.41, 5.74) is 1.23. The first-order valence-corrected chi connectivity index (χ1v) is 9.26. The first-order valence-electron chi connectivity index (χ1n) is 8.47. The van der Waals surface area contributed by atoms with Crippen LogP contribution in [0.3, 0.4) is 0 Å². The summed E-state index contributed by atoms with van der Waals surface area (Å²) in [6, 6.07) is 6.19. The first kappa shape index (κ1) is 18.7. The average Bonchev–Trinajstić information content (AvgIpc) is 2.53. The van der Waals surface area contributed by atoms with Gasteiger partial charge in [0, 0.05) is 37.2 Å². The monoisotopic (exact) mass is 384 g/mol. The van der Waals surface area contributed by atoms with Crippen molar-refractivity contribution in [1.82, 2.24) is 9.80 Å². The van der Waals surface area contributed by atoms with Gasteiger partial charge in [-0.3, -0.25) is 4.90 Å². The van der Waals surface area contributed by atoms with Gasteiger partial charge in [0.2, 0.25) is 0 Å². The Labute approximate surface area is 148 Å². The average molecular weight is 385 g/mol. The Morgan fingerprint density at radius 2 is 1.83 bits per heavy atom. The zero-order valence-corrected chi connectivity index (χ0v) is 16.1. The van der Waals surface area contributed by atoms with Gasteiger partial charge in [-0.25, -0.2) is 0 Å². The minimum absolute atomic E-state index is 0.445. The molecule has 4 nitrogen and oxygen atoms in total. The van der Waals surface area contributed by atoms with Gasteiger partial charge in [0.15, 0.2) is 0 Å². The molecule has 1 aromatic carbocycles. The molecule has 0 amide bonds. The lowest BCUT2D eigenvalue weighted by Gasteiger charge is -2.32. The quantitative estimate of drug-likeness (QED) is 0.642. The number of rotatable bonds is 8. The fourth-order valence-electron chi connectivity index (χ4n) is 2.68. The van der Waals surface area contributed by atoms with E-state index >= 15 is 0 Å². The molecule has 1 heterocycles. The molecule has 1 aliphatic heterocycles. The van der Waals surface area contributed by atoms with Crippen molar-refractivity contribution in [2.45, 2.75) is 19.8 Å². The topological polar surface area (TPSA) is 24.9 Å². The number of hydrogen-bond acceptors (Lipinski definition) is 4. The predicted octanol–water partition coefficient (Wildman–Crippen LogP) is 3.22. The van der Waals surface area contributed by atoms with Gasteiger partial charge < -0.3 is 14.4 Å². The Morgan fingerprint density at radius 3 is 2.52 bits per heavy atom. The Morgan fingerprint density at radius 1 is 1.09 bits per heavy atom. The number of halogens is 1. The summed E-state index contributed by atoms with van der Waals surface area (Å²) >= 11 is 3.52. The van der Waals surface area contributed by atoms with E-state index in [1.165, 1.54) is 5.56 Å². The Balaban J connectivity index is 1.62. The Hall–Kier alpha value is -0.620. The number of ether oxygens (including phenoxy) is 2. The summed E-state index contributed by atoms with van der Waals surface area (Å²) in [6.45, 7) is 12.0. The highest BCUT2D eigenvalue weighted by atomic mass is 79.9. The van der Waals surface area contributed by atoms with Crippen molar-refractivity contribution < 1.29 is 9.47 Å². The minimum atomic E-state index is 0.445. The first-order chi connectivity index (χ1) is 11.1. The second-order valence-electron chi connectivity index (χ2n) is 6.44. The number of likely N-dealkylation sites (N-methyl/N-ethyl adjacent to an activating group) is 1. The molecule has 1 aliphatic rings. The highest BCUT2D eigenvalue weighted by Gasteiger charge is 2.13. The number of nitrogens with zero attached hydrogens (tertiary/aromatic N) is 2. The lowest BCUT2D eigenvalue weighted by molar-refractivity contribution is 0.0656. The van der Waals surface area contributed by atoms with Gasteiger partial charge >= 0.3 is 0 Å². The smallest absolute Gasteiger partial charge is 0.122 e. The van der Waals surface area contributed by atoms with Crippen LogP contribution in [0.2, 0.25) is 0 Å². The molecule has 5 heteroatoms. The molecule has 0 aromatic heterocycles. The van der Waals surface area contributed by atoms with Crippen LogP contribution in [0.4, 0.5) is 0 Å². The Bertz CT molecular complexity index is 474. The molecule has 0 atom stereocenters. The van der Waals surface area contributed by atoms with Crippen LogP contribution >= 0.6 is 15.9 Å². The summed E-state index contributed by atoms with van der Waals surface area (Å²) in [6.07, 6.45) is 0. The largest absolute Gasteiger partial charge is 0.491 e. The molecular formula is C18H29BrN2O2. The maximum absolute atomic E-state index is 5.89. The molecule has 1 aromatic rings. The van der Waals surface area contributed by atoms with Crippen LogP contribution in [-0.2, 0) is 4.74 Å². The highest BCUT2D eigenvalue weighted by Crippen LogP contribution is 2.29. The van der Waals surface area contributed by atoms with Crippen molar-refractivity contribution in [2.24, 2.45) is 0 Å². The standard InChI is InChI=1S/C18H29BrN2O2/c1-15(2)17-14-16(19)4-5-18(17)23-13-12-22-11-10-21-8-6-20(3)7-9-21/h4-5,14-15H,6-13H2,1-3H3. The maximum atomic E-state index is 5.89. The zero-order valence-electron chi connectivity index (χ0n) is 14.6. The molecular weight excluding hydrogens is 356 g/mol. The lowest BCUT2D eigenvalue weighted by Crippen LogP contribution is -2.45. The highest BCUT2D eigenvalue weighted by molar-refractivity contribution is 9.10. The van der Waals surface area contributed by atoms with Crippen molar-refractivity contribution in [2.75, 3.05) is 59.6 Å². The molecule has 0 saturated carbocycles. The van der Waals surface area contributed by atoms with Crippen LogP contribution in [0.15, 0.2) is 22.7 Å². The van der Waals surface area contributed by atoms with Crippen LogP contribution < -0.4 is 4.74 Å². The number of hydrogen-bond donors (Lipinski definition) is 0. The summed E-state index contributed by atoms with van der Waals surface area (Å²) in [4.78, 5) is 4.84. The zero-order chi connectivity index (χ0) is 16.7. The minimum Gasteiger partial charge on any atom is -0.491 e. The molecule has 0 spiro atoms. The van der Waals surface area contributed by atoms with Gasteiger partial charge in [0.25, 0.3) is 0 Å². The van der Waals surface area contributed by atoms with E-state index in [4.69, 9.17) is 9.47 Å². The maximum Gasteiger partial charge on any atom is 0.122 e. The second kappa shape index (κ2) is 9.62. The third-order valence-corrected chi connectivity index (χ3v) is 4.72. The third kappa shape index (κ3) is 6.42. The van der Waals surface area contributed by atoms with Crippen LogP contribution in [0.1, 0.15) is 25.3 Å². The van der Waals surface area contributed by atoms with E-state index in [1.54, 1.807) is 0 Å². The normalized spacial score (nSPS) is 16.9. The van der Waals surface area contributed by atoms with E-state index < -0.39 is 0 Å². The van der Waals surface area contributed by atoms with Gasteiger partial charge in [0.05, 0.1) is 13.2 Å². The molecule has 0 N–H and O–H groups in total. The van der Waals surface area contributed by atoms with Gasteiger partial charge in [-0.2, -0.15) is 0 Å². The van der Waals surface area contributed by atoms with E-state index in [1.807, 2.05) is 12.1 Å². The third-order valence-electron chi connectivity index (χ3n) is 4.23. The van der Waals surface area contributed by atoms with Gasteiger partial charge in [-0.05, 0) is 36.7 Å². The van der Waals surface area contributed by atoms with Crippen molar-refractivity contribution >= 4 is 15.9 Å². The van der Waals surface area contributed by atoms with Crippen LogP contribution in [-0.4, -0.2) is 69.4 Å². The number of benzene rings is 1.